The molecule has 0 saturated heterocycles. The van der Waals surface area contributed by atoms with Crippen molar-refractivity contribution in [2.75, 3.05) is 0 Å². The molecule has 0 spiro atoms. The van der Waals surface area contributed by atoms with Crippen LogP contribution in [-0.2, 0) is 9.53 Å². The first-order valence-corrected chi connectivity index (χ1v) is 4.03. The molecule has 0 aliphatic carbocycles. The number of ether oxygens (including phenoxy) is 1. The van der Waals surface area contributed by atoms with Crippen molar-refractivity contribution in [3.8, 4) is 5.75 Å². The first-order valence-electron chi connectivity index (χ1n) is 4.03. The number of aryl methyl sites for hydroxylation is 1. The Bertz CT molecular complexity index is 382. The van der Waals surface area contributed by atoms with Gasteiger partial charge in [-0.2, -0.15) is 0 Å². The average molecular weight is 194 g/mol. The van der Waals surface area contributed by atoms with Crippen LogP contribution >= 0.6 is 0 Å². The number of phenols is 1. The summed E-state index contributed by atoms with van der Waals surface area (Å²) in [5, 5.41) is 9.36. The molecule has 1 N–H and O–H groups in total. The van der Waals surface area contributed by atoms with E-state index in [-0.39, 0.29) is 11.3 Å². The lowest BCUT2D eigenvalue weighted by Crippen LogP contribution is -2.09. The van der Waals surface area contributed by atoms with E-state index in [0.717, 1.165) is 12.5 Å². The lowest BCUT2D eigenvalue weighted by Gasteiger charge is -2.03. The topological polar surface area (TPSA) is 63.6 Å². The van der Waals surface area contributed by atoms with Gasteiger partial charge in [-0.25, -0.2) is 4.79 Å². The van der Waals surface area contributed by atoms with E-state index >= 15 is 0 Å². The number of benzene rings is 1. The fourth-order valence-electron chi connectivity index (χ4n) is 1.000. The second kappa shape index (κ2) is 3.91. The van der Waals surface area contributed by atoms with E-state index in [1.54, 1.807) is 13.0 Å². The van der Waals surface area contributed by atoms with Gasteiger partial charge in [0.25, 0.3) is 0 Å². The summed E-state index contributed by atoms with van der Waals surface area (Å²) < 4.78 is 4.32. The van der Waals surface area contributed by atoms with Gasteiger partial charge in [0.2, 0.25) is 0 Å². The predicted octanol–water partition coefficient (Wildman–Crippen LogP) is 1.40. The molecule has 14 heavy (non-hydrogen) atoms. The van der Waals surface area contributed by atoms with Gasteiger partial charge in [0.15, 0.2) is 0 Å². The molecule has 0 radical (unpaired) electrons. The Balaban J connectivity index is 2.96. The normalized spacial score (nSPS) is 9.57. The fourth-order valence-corrected chi connectivity index (χ4v) is 1.000. The van der Waals surface area contributed by atoms with Crippen LogP contribution in [0.15, 0.2) is 18.2 Å². The molecule has 1 aromatic rings. The van der Waals surface area contributed by atoms with Gasteiger partial charge < -0.3 is 9.84 Å². The molecule has 1 rings (SSSR count). The monoisotopic (exact) mass is 194 g/mol. The van der Waals surface area contributed by atoms with Crippen molar-refractivity contribution in [3.05, 3.63) is 29.3 Å². The summed E-state index contributed by atoms with van der Waals surface area (Å²) in [7, 11) is 0. The summed E-state index contributed by atoms with van der Waals surface area (Å²) in [4.78, 5) is 21.7. The van der Waals surface area contributed by atoms with E-state index in [9.17, 15) is 14.7 Å². The van der Waals surface area contributed by atoms with Crippen LogP contribution in [0, 0.1) is 6.92 Å². The minimum absolute atomic E-state index is 0.00852. The van der Waals surface area contributed by atoms with Crippen LogP contribution in [0.3, 0.4) is 0 Å². The molecule has 1 aromatic carbocycles. The second-order valence-corrected chi connectivity index (χ2v) is 2.90. The van der Waals surface area contributed by atoms with Crippen molar-refractivity contribution >= 4 is 11.9 Å². The SMILES string of the molecule is CC(=O)OC(=O)c1ccc(C)cc1O. The second-order valence-electron chi connectivity index (χ2n) is 2.90. The lowest BCUT2D eigenvalue weighted by molar-refractivity contribution is -0.135. The Labute approximate surface area is 81.1 Å². The number of hydrogen-bond donors (Lipinski definition) is 1. The number of carbonyl (C=O) groups is 2. The Kier molecular flexibility index (Phi) is 2.86. The quantitative estimate of drug-likeness (QED) is 0.542. The number of esters is 2. The van der Waals surface area contributed by atoms with Crippen molar-refractivity contribution in [1.29, 1.82) is 0 Å². The van der Waals surface area contributed by atoms with Crippen molar-refractivity contribution in [3.63, 3.8) is 0 Å². The van der Waals surface area contributed by atoms with Crippen LogP contribution in [0.25, 0.3) is 0 Å². The summed E-state index contributed by atoms with van der Waals surface area (Å²) in [5.41, 5.74) is 0.813. The van der Waals surface area contributed by atoms with Gasteiger partial charge in [-0.05, 0) is 24.6 Å². The van der Waals surface area contributed by atoms with E-state index < -0.39 is 11.9 Å². The highest BCUT2D eigenvalue weighted by Crippen LogP contribution is 2.19. The van der Waals surface area contributed by atoms with Gasteiger partial charge in [-0.3, -0.25) is 4.79 Å². The van der Waals surface area contributed by atoms with Crippen molar-refractivity contribution in [1.82, 2.24) is 0 Å². The van der Waals surface area contributed by atoms with Gasteiger partial charge in [-0.1, -0.05) is 6.07 Å². The molecular weight excluding hydrogens is 184 g/mol. The molecule has 0 fully saturated rings. The van der Waals surface area contributed by atoms with E-state index in [1.165, 1.54) is 12.1 Å². The number of phenolic OH excluding ortho intramolecular Hbond substituents is 1. The molecular formula is C10H10O4. The third-order valence-corrected chi connectivity index (χ3v) is 1.61. The standard InChI is InChI=1S/C10H10O4/c1-6-3-4-8(9(12)5-6)10(13)14-7(2)11/h3-5,12H,1-2H3. The average Bonchev–Trinajstić information content (AvgIpc) is 2.01. The zero-order chi connectivity index (χ0) is 10.7. The van der Waals surface area contributed by atoms with Crippen molar-refractivity contribution in [2.24, 2.45) is 0 Å². The minimum Gasteiger partial charge on any atom is -0.507 e. The number of hydrogen-bond acceptors (Lipinski definition) is 4. The zero-order valence-corrected chi connectivity index (χ0v) is 7.90. The van der Waals surface area contributed by atoms with Crippen LogP contribution in [0.2, 0.25) is 0 Å². The highest BCUT2D eigenvalue weighted by Gasteiger charge is 2.13. The van der Waals surface area contributed by atoms with Crippen molar-refractivity contribution < 1.29 is 19.4 Å². The van der Waals surface area contributed by atoms with E-state index in [0.29, 0.717) is 0 Å². The largest absolute Gasteiger partial charge is 0.507 e. The molecule has 0 saturated carbocycles. The van der Waals surface area contributed by atoms with Crippen molar-refractivity contribution in [2.45, 2.75) is 13.8 Å². The Morgan fingerprint density at radius 3 is 2.50 bits per heavy atom. The fraction of sp³-hybridized carbons (Fsp3) is 0.200. The van der Waals surface area contributed by atoms with Gasteiger partial charge in [0, 0.05) is 6.92 Å². The molecule has 0 atom stereocenters. The molecule has 4 heteroatoms. The summed E-state index contributed by atoms with van der Waals surface area (Å²) in [6.45, 7) is 2.91. The molecule has 74 valence electrons. The molecule has 0 aromatic heterocycles. The molecule has 0 amide bonds. The predicted molar refractivity (Wildman–Crippen MR) is 48.9 cm³/mol. The van der Waals surface area contributed by atoms with Crippen LogP contribution < -0.4 is 0 Å². The smallest absolute Gasteiger partial charge is 0.349 e. The summed E-state index contributed by atoms with van der Waals surface area (Å²) in [5.74, 6) is -1.72. The molecule has 0 bridgehead atoms. The lowest BCUT2D eigenvalue weighted by atomic mass is 10.1. The zero-order valence-electron chi connectivity index (χ0n) is 7.90. The molecule has 0 unspecified atom stereocenters. The van der Waals surface area contributed by atoms with Crippen LogP contribution in [0.5, 0.6) is 5.75 Å². The van der Waals surface area contributed by atoms with Crippen LogP contribution in [-0.4, -0.2) is 17.0 Å². The van der Waals surface area contributed by atoms with Gasteiger partial charge in [0.1, 0.15) is 11.3 Å². The van der Waals surface area contributed by atoms with Gasteiger partial charge in [0.05, 0.1) is 0 Å². The summed E-state index contributed by atoms with van der Waals surface area (Å²) >= 11 is 0. The van der Waals surface area contributed by atoms with Gasteiger partial charge in [-0.15, -0.1) is 0 Å². The Morgan fingerprint density at radius 1 is 1.36 bits per heavy atom. The Hall–Kier alpha value is -1.84. The molecule has 0 aliphatic rings. The van der Waals surface area contributed by atoms with E-state index in [1.807, 2.05) is 0 Å². The molecule has 4 nitrogen and oxygen atoms in total. The molecule has 0 heterocycles. The summed E-state index contributed by atoms with van der Waals surface area (Å²) in [6.07, 6.45) is 0. The third kappa shape index (κ3) is 2.32. The Morgan fingerprint density at radius 2 is 2.00 bits per heavy atom. The van der Waals surface area contributed by atoms with Crippen LogP contribution in [0.4, 0.5) is 0 Å². The minimum atomic E-state index is -0.838. The van der Waals surface area contributed by atoms with Gasteiger partial charge >= 0.3 is 11.9 Å². The molecule has 0 aliphatic heterocycles. The van der Waals surface area contributed by atoms with E-state index in [2.05, 4.69) is 4.74 Å². The number of rotatable bonds is 1. The highest BCUT2D eigenvalue weighted by atomic mass is 16.6. The number of carbonyl (C=O) groups excluding carboxylic acids is 2. The maximum absolute atomic E-state index is 11.2. The summed E-state index contributed by atoms with van der Waals surface area (Å²) in [6, 6.07) is 4.49. The maximum atomic E-state index is 11.2. The first kappa shape index (κ1) is 10.2. The van der Waals surface area contributed by atoms with E-state index in [4.69, 9.17) is 0 Å². The van der Waals surface area contributed by atoms with Crippen LogP contribution in [0.1, 0.15) is 22.8 Å². The number of aromatic hydroxyl groups is 1. The first-order chi connectivity index (χ1) is 6.50. The third-order valence-electron chi connectivity index (χ3n) is 1.61. The maximum Gasteiger partial charge on any atom is 0.349 e. The highest BCUT2D eigenvalue weighted by molar-refractivity contribution is 5.98.